The molecule has 0 aliphatic carbocycles. The van der Waals surface area contributed by atoms with E-state index in [2.05, 4.69) is 27.4 Å². The zero-order chi connectivity index (χ0) is 20.4. The molecule has 1 aliphatic heterocycles. The number of aryl methyl sites for hydroxylation is 2. The van der Waals surface area contributed by atoms with Crippen molar-refractivity contribution in [1.82, 2.24) is 15.0 Å². The summed E-state index contributed by atoms with van der Waals surface area (Å²) >= 11 is 0. The molecule has 0 bridgehead atoms. The van der Waals surface area contributed by atoms with Crippen LogP contribution in [0.15, 0.2) is 18.2 Å². The summed E-state index contributed by atoms with van der Waals surface area (Å²) in [5.74, 6) is 1.49. The smallest absolute Gasteiger partial charge is 0.236 e. The van der Waals surface area contributed by atoms with Crippen LogP contribution in [0, 0.1) is 13.8 Å². The van der Waals surface area contributed by atoms with Gasteiger partial charge in [-0.15, -0.1) is 0 Å². The number of anilines is 4. The number of benzene rings is 1. The molecule has 0 saturated carbocycles. The van der Waals surface area contributed by atoms with Gasteiger partial charge in [-0.25, -0.2) is 0 Å². The number of hydrogen-bond acceptors (Lipinski definition) is 5. The molecule has 0 fully saturated rings. The zero-order valence-electron chi connectivity index (χ0n) is 17.4. The van der Waals surface area contributed by atoms with Crippen LogP contribution in [-0.2, 0) is 10.2 Å². The van der Waals surface area contributed by atoms with Gasteiger partial charge in [0.2, 0.25) is 11.9 Å². The van der Waals surface area contributed by atoms with Gasteiger partial charge in [0.1, 0.15) is 11.5 Å². The quantitative estimate of drug-likeness (QED) is 0.728. The number of hydrogen-bond donors (Lipinski definition) is 2. The third-order valence-corrected chi connectivity index (χ3v) is 5.42. The fourth-order valence-corrected chi connectivity index (χ4v) is 3.97. The number of H-pyrrole nitrogens is 1. The van der Waals surface area contributed by atoms with E-state index in [-0.39, 0.29) is 5.91 Å². The Morgan fingerprint density at radius 1 is 1.14 bits per heavy atom. The van der Waals surface area contributed by atoms with Crippen molar-refractivity contribution in [2.45, 2.75) is 33.1 Å². The molecule has 146 valence electrons. The maximum absolute atomic E-state index is 12.7. The fourth-order valence-electron chi connectivity index (χ4n) is 3.97. The van der Waals surface area contributed by atoms with Gasteiger partial charge in [-0.3, -0.25) is 4.79 Å². The van der Waals surface area contributed by atoms with Gasteiger partial charge in [-0.1, -0.05) is 0 Å². The van der Waals surface area contributed by atoms with Crippen molar-refractivity contribution in [2.75, 3.05) is 36.3 Å². The highest BCUT2D eigenvalue weighted by atomic mass is 16.2. The Morgan fingerprint density at radius 3 is 2.54 bits per heavy atom. The molecule has 0 atom stereocenters. The predicted molar refractivity (Wildman–Crippen MR) is 114 cm³/mol. The van der Waals surface area contributed by atoms with Crippen molar-refractivity contribution in [3.8, 4) is 0 Å². The van der Waals surface area contributed by atoms with Gasteiger partial charge < -0.3 is 20.1 Å². The summed E-state index contributed by atoms with van der Waals surface area (Å²) in [6.07, 6.45) is 0. The number of carbonyl (C=O) groups is 1. The molecule has 1 aromatic carbocycles. The molecule has 4 rings (SSSR count). The summed E-state index contributed by atoms with van der Waals surface area (Å²) in [6.45, 7) is 7.99. The average molecular weight is 378 g/mol. The summed E-state index contributed by atoms with van der Waals surface area (Å²) in [4.78, 5) is 28.9. The van der Waals surface area contributed by atoms with Crippen LogP contribution < -0.4 is 15.1 Å². The second-order valence-corrected chi connectivity index (χ2v) is 8.28. The lowest BCUT2D eigenvalue weighted by molar-refractivity contribution is -0.121. The van der Waals surface area contributed by atoms with Crippen LogP contribution in [0.4, 0.5) is 23.1 Å². The molecule has 28 heavy (non-hydrogen) atoms. The van der Waals surface area contributed by atoms with Gasteiger partial charge in [0.15, 0.2) is 0 Å². The first kappa shape index (κ1) is 18.3. The minimum absolute atomic E-state index is 0.114. The molecule has 1 aliphatic rings. The lowest BCUT2D eigenvalue weighted by atomic mass is 9.85. The molecule has 0 spiro atoms. The van der Waals surface area contributed by atoms with E-state index in [1.54, 1.807) is 4.90 Å². The van der Waals surface area contributed by atoms with Crippen molar-refractivity contribution in [3.63, 3.8) is 0 Å². The second-order valence-electron chi connectivity index (χ2n) is 8.28. The van der Waals surface area contributed by atoms with Crippen LogP contribution in [-0.4, -0.2) is 42.0 Å². The van der Waals surface area contributed by atoms with Crippen LogP contribution in [0.1, 0.15) is 30.7 Å². The van der Waals surface area contributed by atoms with Crippen molar-refractivity contribution >= 4 is 40.1 Å². The largest absolute Gasteiger partial charge is 0.347 e. The fraction of sp³-hybridized carbons (Fsp3) is 0.381. The number of rotatable bonds is 3. The highest BCUT2D eigenvalue weighted by Gasteiger charge is 2.43. The SMILES string of the molecule is Cc1cc2c(Nc3cc(C)c4c(c3)C(C)(C)C(=O)N4C)nc(N(C)C)nc2[nH]1. The molecular weight excluding hydrogens is 352 g/mol. The molecule has 0 saturated heterocycles. The maximum atomic E-state index is 12.7. The van der Waals surface area contributed by atoms with E-state index in [0.29, 0.717) is 5.95 Å². The Labute approximate surface area is 164 Å². The van der Waals surface area contributed by atoms with E-state index >= 15 is 0 Å². The van der Waals surface area contributed by atoms with E-state index in [1.807, 2.05) is 59.8 Å². The number of likely N-dealkylation sites (N-methyl/N-ethyl adjacent to an activating group) is 1. The first-order valence-electron chi connectivity index (χ1n) is 9.34. The molecule has 1 amide bonds. The van der Waals surface area contributed by atoms with E-state index in [4.69, 9.17) is 4.98 Å². The van der Waals surface area contributed by atoms with Crippen molar-refractivity contribution in [2.24, 2.45) is 0 Å². The minimum atomic E-state index is -0.549. The van der Waals surface area contributed by atoms with Gasteiger partial charge in [0, 0.05) is 32.5 Å². The average Bonchev–Trinajstić information content (AvgIpc) is 3.07. The summed E-state index contributed by atoms with van der Waals surface area (Å²) in [5, 5.41) is 4.40. The summed E-state index contributed by atoms with van der Waals surface area (Å²) in [6, 6.07) is 6.16. The highest BCUT2D eigenvalue weighted by Crippen LogP contribution is 2.44. The zero-order valence-corrected chi connectivity index (χ0v) is 17.4. The molecule has 3 heterocycles. The summed E-state index contributed by atoms with van der Waals surface area (Å²) in [5.41, 5.74) is 5.28. The van der Waals surface area contributed by atoms with Crippen molar-refractivity contribution < 1.29 is 4.79 Å². The Hall–Kier alpha value is -3.09. The van der Waals surface area contributed by atoms with Gasteiger partial charge >= 0.3 is 0 Å². The van der Waals surface area contributed by atoms with Crippen LogP contribution in [0.25, 0.3) is 11.0 Å². The number of amides is 1. The molecular formula is C21H26N6O. The second kappa shape index (κ2) is 5.95. The monoisotopic (exact) mass is 378 g/mol. The van der Waals surface area contributed by atoms with Crippen molar-refractivity contribution in [3.05, 3.63) is 35.0 Å². The lowest BCUT2D eigenvalue weighted by Crippen LogP contribution is -2.33. The summed E-state index contributed by atoms with van der Waals surface area (Å²) < 4.78 is 0. The minimum Gasteiger partial charge on any atom is -0.347 e. The van der Waals surface area contributed by atoms with Gasteiger partial charge in [0.25, 0.3) is 0 Å². The van der Waals surface area contributed by atoms with E-state index in [9.17, 15) is 4.79 Å². The highest BCUT2D eigenvalue weighted by molar-refractivity contribution is 6.08. The molecule has 0 radical (unpaired) electrons. The molecule has 0 unspecified atom stereocenters. The van der Waals surface area contributed by atoms with Gasteiger partial charge in [0.05, 0.1) is 16.5 Å². The predicted octanol–water partition coefficient (Wildman–Crippen LogP) is 3.64. The third kappa shape index (κ3) is 2.61. The molecule has 2 N–H and O–H groups in total. The topological polar surface area (TPSA) is 77.2 Å². The van der Waals surface area contributed by atoms with Crippen LogP contribution in [0.2, 0.25) is 0 Å². The first-order chi connectivity index (χ1) is 13.1. The Kier molecular flexibility index (Phi) is 3.89. The standard InChI is InChI=1S/C21H26N6O/c1-11-8-13(10-15-16(11)27(7)19(28)21(15,3)4)23-18-14-9-12(2)22-17(14)24-20(25-18)26(5)6/h8-10H,1-7H3,(H2,22,23,24,25). The lowest BCUT2D eigenvalue weighted by Gasteiger charge is -2.18. The molecule has 3 aromatic rings. The van der Waals surface area contributed by atoms with Crippen LogP contribution in [0.5, 0.6) is 0 Å². The first-order valence-corrected chi connectivity index (χ1v) is 9.34. The van der Waals surface area contributed by atoms with E-state index < -0.39 is 5.41 Å². The number of aromatic nitrogens is 3. The number of nitrogens with one attached hydrogen (secondary N) is 2. The van der Waals surface area contributed by atoms with Crippen molar-refractivity contribution in [1.29, 1.82) is 0 Å². The Morgan fingerprint density at radius 2 is 1.86 bits per heavy atom. The van der Waals surface area contributed by atoms with E-state index in [1.165, 1.54) is 0 Å². The van der Waals surface area contributed by atoms with E-state index in [0.717, 1.165) is 45.0 Å². The Bertz CT molecular complexity index is 1110. The third-order valence-electron chi connectivity index (χ3n) is 5.42. The molecule has 2 aromatic heterocycles. The van der Waals surface area contributed by atoms with Crippen LogP contribution >= 0.6 is 0 Å². The summed E-state index contributed by atoms with van der Waals surface area (Å²) in [7, 11) is 5.68. The van der Waals surface area contributed by atoms with Crippen LogP contribution in [0.3, 0.4) is 0 Å². The number of nitrogens with zero attached hydrogens (tertiary/aromatic N) is 4. The maximum Gasteiger partial charge on any atom is 0.236 e. The molecule has 7 nitrogen and oxygen atoms in total. The van der Waals surface area contributed by atoms with Gasteiger partial charge in [-0.2, -0.15) is 9.97 Å². The Balaban J connectivity index is 1.84. The van der Waals surface area contributed by atoms with Gasteiger partial charge in [-0.05, 0) is 57.0 Å². The normalized spacial score (nSPS) is 15.2. The number of carbonyl (C=O) groups excluding carboxylic acids is 1. The number of aromatic amines is 1. The number of fused-ring (bicyclic) bond motifs is 2. The molecule has 7 heteroatoms.